The minimum absolute atomic E-state index is 0.777. The zero-order chi connectivity index (χ0) is 13.1. The zero-order valence-corrected chi connectivity index (χ0v) is 12.7. The predicted molar refractivity (Wildman–Crippen MR) is 80.3 cm³/mol. The smallest absolute Gasteiger partial charge is 0.107 e. The maximum Gasteiger partial charge on any atom is 0.107 e. The molecule has 1 aromatic rings. The Morgan fingerprint density at radius 3 is 3.05 bits per heavy atom. The molecule has 1 atom stereocenters. The Bertz CT molecular complexity index is 400. The van der Waals surface area contributed by atoms with Gasteiger partial charge in [0, 0.05) is 30.6 Å². The number of likely N-dealkylation sites (tertiary alicyclic amines) is 1. The van der Waals surface area contributed by atoms with Gasteiger partial charge in [0.1, 0.15) is 5.01 Å². The van der Waals surface area contributed by atoms with Gasteiger partial charge in [-0.1, -0.05) is 13.3 Å². The fourth-order valence-corrected chi connectivity index (χ4v) is 3.70. The summed E-state index contributed by atoms with van der Waals surface area (Å²) in [6.45, 7) is 5.59. The molecule has 1 saturated heterocycles. The molecular formula is C15H25N3S. The van der Waals surface area contributed by atoms with Crippen molar-refractivity contribution < 1.29 is 0 Å². The van der Waals surface area contributed by atoms with Gasteiger partial charge < -0.3 is 5.32 Å². The number of hydrogen-bond acceptors (Lipinski definition) is 4. The summed E-state index contributed by atoms with van der Waals surface area (Å²) in [7, 11) is 0. The molecule has 4 heteroatoms. The molecule has 2 heterocycles. The molecule has 1 saturated carbocycles. The van der Waals surface area contributed by atoms with Crippen LogP contribution in [-0.2, 0) is 13.1 Å². The first-order chi connectivity index (χ1) is 9.35. The van der Waals surface area contributed by atoms with Gasteiger partial charge in [-0.2, -0.15) is 0 Å². The number of nitrogens with one attached hydrogen (secondary N) is 1. The summed E-state index contributed by atoms with van der Waals surface area (Å²) in [5.41, 5.74) is 1.28. The lowest BCUT2D eigenvalue weighted by Crippen LogP contribution is -2.38. The first-order valence-electron chi connectivity index (χ1n) is 7.76. The number of piperidine rings is 1. The molecule has 0 radical (unpaired) electrons. The Labute approximate surface area is 120 Å². The molecule has 1 aliphatic heterocycles. The monoisotopic (exact) mass is 279 g/mol. The van der Waals surface area contributed by atoms with Gasteiger partial charge in [0.25, 0.3) is 0 Å². The van der Waals surface area contributed by atoms with Crippen LogP contribution in [0.4, 0.5) is 0 Å². The molecule has 2 fully saturated rings. The maximum absolute atomic E-state index is 4.79. The summed E-state index contributed by atoms with van der Waals surface area (Å²) >= 11 is 1.82. The van der Waals surface area contributed by atoms with Crippen LogP contribution in [0.25, 0.3) is 0 Å². The van der Waals surface area contributed by atoms with E-state index in [-0.39, 0.29) is 0 Å². The van der Waals surface area contributed by atoms with Gasteiger partial charge in [-0.3, -0.25) is 4.90 Å². The van der Waals surface area contributed by atoms with Crippen LogP contribution in [0.3, 0.4) is 0 Å². The Morgan fingerprint density at radius 2 is 2.26 bits per heavy atom. The second-order valence-corrected chi connectivity index (χ2v) is 6.86. The van der Waals surface area contributed by atoms with Gasteiger partial charge in [-0.05, 0) is 38.6 Å². The zero-order valence-electron chi connectivity index (χ0n) is 11.9. The Morgan fingerprint density at radius 1 is 1.37 bits per heavy atom. The first-order valence-corrected chi connectivity index (χ1v) is 8.64. The Kier molecular flexibility index (Phi) is 4.51. The van der Waals surface area contributed by atoms with Gasteiger partial charge >= 0.3 is 0 Å². The highest BCUT2D eigenvalue weighted by Gasteiger charge is 2.22. The maximum atomic E-state index is 4.79. The Hall–Kier alpha value is -0.450. The highest BCUT2D eigenvalue weighted by molar-refractivity contribution is 7.09. The van der Waals surface area contributed by atoms with Gasteiger partial charge in [0.15, 0.2) is 0 Å². The van der Waals surface area contributed by atoms with E-state index in [1.165, 1.54) is 55.8 Å². The van der Waals surface area contributed by atoms with Crippen molar-refractivity contribution in [3.63, 3.8) is 0 Å². The first kappa shape index (κ1) is 13.5. The SMILES string of the molecule is CCC1CCCCN1Cc1csc(CNC2CC2)n1. The van der Waals surface area contributed by atoms with E-state index in [1.807, 2.05) is 11.3 Å². The van der Waals surface area contributed by atoms with Crippen LogP contribution in [0.15, 0.2) is 5.38 Å². The van der Waals surface area contributed by atoms with Crippen LogP contribution >= 0.6 is 11.3 Å². The Balaban J connectivity index is 1.52. The second-order valence-electron chi connectivity index (χ2n) is 5.92. The van der Waals surface area contributed by atoms with Crippen molar-refractivity contribution in [1.82, 2.24) is 15.2 Å². The third-order valence-electron chi connectivity index (χ3n) is 4.30. The fraction of sp³-hybridized carbons (Fsp3) is 0.800. The topological polar surface area (TPSA) is 28.2 Å². The molecule has 0 bridgehead atoms. The van der Waals surface area contributed by atoms with Crippen molar-refractivity contribution >= 4 is 11.3 Å². The average molecular weight is 279 g/mol. The van der Waals surface area contributed by atoms with E-state index >= 15 is 0 Å². The van der Waals surface area contributed by atoms with Crippen LogP contribution in [0.1, 0.15) is 56.2 Å². The van der Waals surface area contributed by atoms with Crippen LogP contribution in [0.5, 0.6) is 0 Å². The molecule has 19 heavy (non-hydrogen) atoms. The second kappa shape index (κ2) is 6.33. The average Bonchev–Trinajstić information content (AvgIpc) is 3.17. The van der Waals surface area contributed by atoms with E-state index in [2.05, 4.69) is 22.5 Å². The fourth-order valence-electron chi connectivity index (χ4n) is 2.96. The lowest BCUT2D eigenvalue weighted by Gasteiger charge is -2.34. The standard InChI is InChI=1S/C15H25N3S/c1-2-14-5-3-4-8-18(14)10-13-11-19-15(17-13)9-16-12-6-7-12/h11-12,14,16H,2-10H2,1H3. The third-order valence-corrected chi connectivity index (χ3v) is 5.20. The molecular weight excluding hydrogens is 254 g/mol. The minimum atomic E-state index is 0.777. The van der Waals surface area contributed by atoms with Crippen LogP contribution in [-0.4, -0.2) is 28.5 Å². The summed E-state index contributed by atoms with van der Waals surface area (Å²) in [6.07, 6.45) is 8.12. The highest BCUT2D eigenvalue weighted by Crippen LogP contribution is 2.23. The minimum Gasteiger partial charge on any atom is -0.308 e. The van der Waals surface area contributed by atoms with Crippen molar-refractivity contribution in [1.29, 1.82) is 0 Å². The third kappa shape index (κ3) is 3.77. The van der Waals surface area contributed by atoms with Crippen molar-refractivity contribution in [3.8, 4) is 0 Å². The van der Waals surface area contributed by atoms with Crippen LogP contribution < -0.4 is 5.32 Å². The number of rotatable bonds is 6. The van der Waals surface area contributed by atoms with Crippen molar-refractivity contribution in [2.45, 2.75) is 70.6 Å². The summed E-state index contributed by atoms with van der Waals surface area (Å²) in [4.78, 5) is 7.42. The summed E-state index contributed by atoms with van der Waals surface area (Å²) in [5, 5.41) is 7.06. The molecule has 0 spiro atoms. The van der Waals surface area contributed by atoms with E-state index in [4.69, 9.17) is 4.98 Å². The predicted octanol–water partition coefficient (Wildman–Crippen LogP) is 3.16. The number of aromatic nitrogens is 1. The van der Waals surface area contributed by atoms with Crippen molar-refractivity contribution in [2.75, 3.05) is 6.54 Å². The molecule has 1 aromatic heterocycles. The van der Waals surface area contributed by atoms with E-state index < -0.39 is 0 Å². The lowest BCUT2D eigenvalue weighted by atomic mass is 10.00. The van der Waals surface area contributed by atoms with Gasteiger partial charge in [-0.25, -0.2) is 4.98 Å². The molecule has 1 unspecified atom stereocenters. The van der Waals surface area contributed by atoms with Gasteiger partial charge in [0.05, 0.1) is 5.69 Å². The summed E-state index contributed by atoms with van der Waals surface area (Å²) in [5.74, 6) is 0. The normalized spacial score (nSPS) is 24.8. The van der Waals surface area contributed by atoms with Gasteiger partial charge in [-0.15, -0.1) is 11.3 Å². The van der Waals surface area contributed by atoms with E-state index in [9.17, 15) is 0 Å². The lowest BCUT2D eigenvalue weighted by molar-refractivity contribution is 0.134. The number of nitrogens with zero attached hydrogens (tertiary/aromatic N) is 2. The molecule has 1 aliphatic carbocycles. The van der Waals surface area contributed by atoms with E-state index in [1.54, 1.807) is 0 Å². The highest BCUT2D eigenvalue weighted by atomic mass is 32.1. The van der Waals surface area contributed by atoms with E-state index in [0.29, 0.717) is 0 Å². The summed E-state index contributed by atoms with van der Waals surface area (Å²) in [6, 6.07) is 1.56. The molecule has 106 valence electrons. The molecule has 0 amide bonds. The van der Waals surface area contributed by atoms with Gasteiger partial charge in [0.2, 0.25) is 0 Å². The molecule has 3 rings (SSSR count). The molecule has 2 aliphatic rings. The summed E-state index contributed by atoms with van der Waals surface area (Å²) < 4.78 is 0. The van der Waals surface area contributed by atoms with Crippen molar-refractivity contribution in [3.05, 3.63) is 16.1 Å². The molecule has 3 nitrogen and oxygen atoms in total. The number of thiazole rings is 1. The quantitative estimate of drug-likeness (QED) is 0.867. The van der Waals surface area contributed by atoms with Crippen molar-refractivity contribution in [2.24, 2.45) is 0 Å². The largest absolute Gasteiger partial charge is 0.308 e. The molecule has 0 aromatic carbocycles. The van der Waals surface area contributed by atoms with Crippen LogP contribution in [0.2, 0.25) is 0 Å². The van der Waals surface area contributed by atoms with E-state index in [0.717, 1.165) is 25.2 Å². The van der Waals surface area contributed by atoms with Crippen LogP contribution in [0, 0.1) is 0 Å². The molecule has 1 N–H and O–H groups in total. The number of hydrogen-bond donors (Lipinski definition) is 1.